The van der Waals surface area contributed by atoms with Crippen molar-refractivity contribution in [3.8, 4) is 0 Å². The normalized spacial score (nSPS) is 14.5. The average molecular weight is 235 g/mol. The van der Waals surface area contributed by atoms with Gasteiger partial charge in [0.1, 0.15) is 9.84 Å². The molecule has 0 rings (SSSR count). The molecular weight excluding hydrogens is 210 g/mol. The predicted molar refractivity (Wildman–Crippen MR) is 65.8 cm³/mol. The molecule has 0 amide bonds. The van der Waals surface area contributed by atoms with Crippen LogP contribution in [-0.4, -0.2) is 33.5 Å². The highest BCUT2D eigenvalue weighted by Crippen LogP contribution is 2.08. The Labute approximate surface area is 94.6 Å². The van der Waals surface area contributed by atoms with Crippen LogP contribution in [0.1, 0.15) is 33.6 Å². The lowest BCUT2D eigenvalue weighted by Crippen LogP contribution is -2.27. The summed E-state index contributed by atoms with van der Waals surface area (Å²) in [6.45, 7) is 8.40. The molecule has 1 atom stereocenters. The zero-order valence-corrected chi connectivity index (χ0v) is 11.2. The van der Waals surface area contributed by atoms with Crippen LogP contribution in [0.15, 0.2) is 0 Å². The van der Waals surface area contributed by atoms with Gasteiger partial charge in [0.25, 0.3) is 0 Å². The smallest absolute Gasteiger partial charge is 0.147 e. The lowest BCUT2D eigenvalue weighted by atomic mass is 10.0. The maximum Gasteiger partial charge on any atom is 0.147 e. The summed E-state index contributed by atoms with van der Waals surface area (Å²) in [5.74, 6) is 1.45. The van der Waals surface area contributed by atoms with Crippen LogP contribution >= 0.6 is 0 Å². The van der Waals surface area contributed by atoms with Crippen molar-refractivity contribution < 1.29 is 8.42 Å². The molecule has 0 aromatic rings. The molecule has 0 bridgehead atoms. The molecule has 15 heavy (non-hydrogen) atoms. The van der Waals surface area contributed by atoms with Gasteiger partial charge in [0.05, 0.1) is 5.75 Å². The quantitative estimate of drug-likeness (QED) is 0.696. The monoisotopic (exact) mass is 235 g/mol. The van der Waals surface area contributed by atoms with E-state index >= 15 is 0 Å². The fourth-order valence-electron chi connectivity index (χ4n) is 1.41. The fraction of sp³-hybridized carbons (Fsp3) is 1.00. The minimum atomic E-state index is -2.80. The molecule has 1 N–H and O–H groups in total. The third kappa shape index (κ3) is 10.2. The first-order valence-corrected chi connectivity index (χ1v) is 7.79. The van der Waals surface area contributed by atoms with Gasteiger partial charge in [-0.25, -0.2) is 8.42 Å². The lowest BCUT2D eigenvalue weighted by Gasteiger charge is -2.16. The molecule has 0 spiro atoms. The number of hydrogen-bond donors (Lipinski definition) is 1. The summed E-state index contributed by atoms with van der Waals surface area (Å²) in [4.78, 5) is 0. The van der Waals surface area contributed by atoms with Crippen molar-refractivity contribution in [2.75, 3.05) is 25.1 Å². The van der Waals surface area contributed by atoms with Crippen LogP contribution in [0.2, 0.25) is 0 Å². The first-order valence-electron chi connectivity index (χ1n) is 5.73. The van der Waals surface area contributed by atoms with E-state index in [4.69, 9.17) is 0 Å². The van der Waals surface area contributed by atoms with E-state index in [9.17, 15) is 8.42 Å². The zero-order chi connectivity index (χ0) is 11.9. The van der Waals surface area contributed by atoms with Crippen LogP contribution in [-0.2, 0) is 9.84 Å². The Morgan fingerprint density at radius 2 is 1.80 bits per heavy atom. The van der Waals surface area contributed by atoms with Gasteiger partial charge in [-0.1, -0.05) is 27.2 Å². The van der Waals surface area contributed by atoms with Crippen molar-refractivity contribution in [2.45, 2.75) is 33.6 Å². The van der Waals surface area contributed by atoms with Gasteiger partial charge in [0, 0.05) is 6.26 Å². The molecule has 0 aromatic carbocycles. The van der Waals surface area contributed by atoms with Gasteiger partial charge in [-0.15, -0.1) is 0 Å². The molecule has 4 heteroatoms. The molecule has 0 heterocycles. The van der Waals surface area contributed by atoms with Gasteiger partial charge in [0.15, 0.2) is 0 Å². The summed E-state index contributed by atoms with van der Waals surface area (Å²) in [5.41, 5.74) is 0. The van der Waals surface area contributed by atoms with Crippen molar-refractivity contribution in [1.29, 1.82) is 0 Å². The number of rotatable bonds is 8. The number of sulfone groups is 1. The highest BCUT2D eigenvalue weighted by atomic mass is 32.2. The molecule has 0 fully saturated rings. The number of hydrogen-bond acceptors (Lipinski definition) is 3. The van der Waals surface area contributed by atoms with E-state index in [1.807, 2.05) is 0 Å². The van der Waals surface area contributed by atoms with Crippen LogP contribution in [0.3, 0.4) is 0 Å². The largest absolute Gasteiger partial charge is 0.316 e. The third-order valence-corrected chi connectivity index (χ3v) is 3.44. The van der Waals surface area contributed by atoms with Crippen LogP contribution in [0.4, 0.5) is 0 Å². The molecule has 0 aliphatic heterocycles. The molecule has 0 aromatic heterocycles. The van der Waals surface area contributed by atoms with Crippen LogP contribution in [0.25, 0.3) is 0 Å². The minimum Gasteiger partial charge on any atom is -0.316 e. The van der Waals surface area contributed by atoms with E-state index in [0.29, 0.717) is 17.6 Å². The summed E-state index contributed by atoms with van der Waals surface area (Å²) in [5, 5.41) is 3.38. The number of nitrogens with one attached hydrogen (secondary N) is 1. The second-order valence-electron chi connectivity index (χ2n) is 4.74. The Kier molecular flexibility index (Phi) is 7.18. The van der Waals surface area contributed by atoms with Gasteiger partial charge in [-0.3, -0.25) is 0 Å². The highest BCUT2D eigenvalue weighted by molar-refractivity contribution is 7.90. The SMILES string of the molecule is CCC(CCS(C)(=O)=O)CNCC(C)C. The summed E-state index contributed by atoms with van der Waals surface area (Å²) < 4.78 is 22.0. The summed E-state index contributed by atoms with van der Waals surface area (Å²) >= 11 is 0. The van der Waals surface area contributed by atoms with Gasteiger partial charge >= 0.3 is 0 Å². The average Bonchev–Trinajstić information content (AvgIpc) is 2.08. The second kappa shape index (κ2) is 7.23. The Morgan fingerprint density at radius 3 is 2.20 bits per heavy atom. The van der Waals surface area contributed by atoms with Gasteiger partial charge in [-0.2, -0.15) is 0 Å². The maximum atomic E-state index is 11.0. The summed E-state index contributed by atoms with van der Waals surface area (Å²) in [6.07, 6.45) is 3.13. The standard InChI is InChI=1S/C11H25NO2S/c1-5-11(6-7-15(4,13)14)9-12-8-10(2)3/h10-12H,5-9H2,1-4H3. The molecule has 0 aliphatic rings. The molecule has 92 valence electrons. The van der Waals surface area contributed by atoms with E-state index in [-0.39, 0.29) is 0 Å². The van der Waals surface area contributed by atoms with Gasteiger partial charge in [-0.05, 0) is 31.3 Å². The summed E-state index contributed by atoms with van der Waals surface area (Å²) in [6, 6.07) is 0. The highest BCUT2D eigenvalue weighted by Gasteiger charge is 2.10. The first-order chi connectivity index (χ1) is 6.85. The van der Waals surface area contributed by atoms with Crippen LogP contribution in [0, 0.1) is 11.8 Å². The Balaban J connectivity index is 3.74. The minimum absolute atomic E-state index is 0.314. The van der Waals surface area contributed by atoms with Crippen molar-refractivity contribution in [2.24, 2.45) is 11.8 Å². The van der Waals surface area contributed by atoms with E-state index < -0.39 is 9.84 Å². The maximum absolute atomic E-state index is 11.0. The third-order valence-electron chi connectivity index (χ3n) is 2.46. The first kappa shape index (κ1) is 14.9. The second-order valence-corrected chi connectivity index (χ2v) is 7.00. The molecule has 0 aliphatic carbocycles. The predicted octanol–water partition coefficient (Wildman–Crippen LogP) is 1.69. The van der Waals surface area contributed by atoms with Gasteiger partial charge < -0.3 is 5.32 Å². The Morgan fingerprint density at radius 1 is 1.20 bits per heavy atom. The molecule has 1 unspecified atom stereocenters. The zero-order valence-electron chi connectivity index (χ0n) is 10.4. The van der Waals surface area contributed by atoms with Gasteiger partial charge in [0.2, 0.25) is 0 Å². The Bertz CT molecular complexity index is 247. The molecular formula is C11H25NO2S. The van der Waals surface area contributed by atoms with Crippen molar-refractivity contribution in [1.82, 2.24) is 5.32 Å². The fourth-order valence-corrected chi connectivity index (χ4v) is 2.17. The van der Waals surface area contributed by atoms with E-state index in [1.165, 1.54) is 6.26 Å². The van der Waals surface area contributed by atoms with E-state index in [2.05, 4.69) is 26.1 Å². The molecule has 0 radical (unpaired) electrons. The molecule has 3 nitrogen and oxygen atoms in total. The van der Waals surface area contributed by atoms with Crippen molar-refractivity contribution in [3.63, 3.8) is 0 Å². The lowest BCUT2D eigenvalue weighted by molar-refractivity contribution is 0.429. The van der Waals surface area contributed by atoms with Crippen molar-refractivity contribution >= 4 is 9.84 Å². The van der Waals surface area contributed by atoms with E-state index in [0.717, 1.165) is 25.9 Å². The molecule has 0 saturated heterocycles. The van der Waals surface area contributed by atoms with Crippen LogP contribution < -0.4 is 5.32 Å². The van der Waals surface area contributed by atoms with Crippen molar-refractivity contribution in [3.05, 3.63) is 0 Å². The summed E-state index contributed by atoms with van der Waals surface area (Å²) in [7, 11) is -2.80. The van der Waals surface area contributed by atoms with Crippen LogP contribution in [0.5, 0.6) is 0 Å². The topological polar surface area (TPSA) is 46.2 Å². The Hall–Kier alpha value is -0.0900. The molecule has 0 saturated carbocycles. The van der Waals surface area contributed by atoms with E-state index in [1.54, 1.807) is 0 Å².